The number of aromatic carboxylic acids is 1. The highest BCUT2D eigenvalue weighted by atomic mass is 35.5. The van der Waals surface area contributed by atoms with Gasteiger partial charge in [0, 0.05) is 29.8 Å². The Morgan fingerprint density at radius 3 is 2.38 bits per heavy atom. The fourth-order valence-corrected chi connectivity index (χ4v) is 5.87. The number of nitrogens with one attached hydrogen (secondary N) is 1. The van der Waals surface area contributed by atoms with Crippen molar-refractivity contribution in [3.63, 3.8) is 0 Å². The van der Waals surface area contributed by atoms with Gasteiger partial charge in [-0.05, 0) is 36.4 Å². The van der Waals surface area contributed by atoms with E-state index < -0.39 is 58.9 Å². The van der Waals surface area contributed by atoms with Gasteiger partial charge in [-0.25, -0.2) is 4.79 Å². The molecule has 4 rings (SSSR count). The highest BCUT2D eigenvalue weighted by Crippen LogP contribution is 2.43. The number of thioether (sulfide) groups is 1. The van der Waals surface area contributed by atoms with Gasteiger partial charge in [0.25, 0.3) is 5.91 Å². The lowest BCUT2D eigenvalue weighted by atomic mass is 9.87. The predicted octanol–water partition coefficient (Wildman–Crippen LogP) is 2.03. The summed E-state index contributed by atoms with van der Waals surface area (Å²) in [6.07, 6.45) is 0. The third-order valence-electron chi connectivity index (χ3n) is 6.32. The van der Waals surface area contributed by atoms with Gasteiger partial charge in [0.2, 0.25) is 5.91 Å². The molecule has 2 N–H and O–H groups in total. The van der Waals surface area contributed by atoms with Crippen molar-refractivity contribution in [2.24, 2.45) is 5.41 Å². The van der Waals surface area contributed by atoms with Gasteiger partial charge in [-0.15, -0.1) is 11.8 Å². The lowest BCUT2D eigenvalue weighted by molar-refractivity contribution is -0.167. The number of hydrogen-bond donors (Lipinski definition) is 2. The van der Waals surface area contributed by atoms with Crippen LogP contribution in [0.25, 0.3) is 0 Å². The van der Waals surface area contributed by atoms with Crippen LogP contribution in [0.1, 0.15) is 38.0 Å². The van der Waals surface area contributed by atoms with E-state index in [1.165, 1.54) is 72.1 Å². The van der Waals surface area contributed by atoms with Crippen molar-refractivity contribution in [1.29, 1.82) is 0 Å². The molecule has 39 heavy (non-hydrogen) atoms. The topological polar surface area (TPSA) is 156 Å². The van der Waals surface area contributed by atoms with Gasteiger partial charge in [0.05, 0.1) is 11.1 Å². The van der Waals surface area contributed by atoms with Crippen molar-refractivity contribution >= 4 is 58.9 Å². The highest BCUT2D eigenvalue weighted by Gasteiger charge is 2.58. The van der Waals surface area contributed by atoms with Gasteiger partial charge in [-0.3, -0.25) is 24.0 Å². The summed E-state index contributed by atoms with van der Waals surface area (Å²) in [5.74, 6) is -4.34. The van der Waals surface area contributed by atoms with Crippen LogP contribution in [0.3, 0.4) is 0 Å². The van der Waals surface area contributed by atoms with Crippen LogP contribution in [0.5, 0.6) is 0 Å². The van der Waals surface area contributed by atoms with Crippen molar-refractivity contribution in [1.82, 2.24) is 10.2 Å². The molecule has 2 aliphatic rings. The predicted molar refractivity (Wildman–Crippen MR) is 138 cm³/mol. The molecule has 2 unspecified atom stereocenters. The zero-order valence-electron chi connectivity index (χ0n) is 20.5. The highest BCUT2D eigenvalue weighted by molar-refractivity contribution is 8.00. The number of carboxylic acids is 1. The Hall–Kier alpha value is -3.90. The molecule has 13 heteroatoms. The molecule has 11 nitrogen and oxygen atoms in total. The van der Waals surface area contributed by atoms with E-state index >= 15 is 0 Å². The van der Waals surface area contributed by atoms with Crippen LogP contribution in [0, 0.1) is 5.41 Å². The molecule has 3 atom stereocenters. The lowest BCUT2D eigenvalue weighted by Crippen LogP contribution is -2.74. The molecular weight excluding hydrogens is 552 g/mol. The first-order valence-electron chi connectivity index (χ1n) is 11.7. The smallest absolute Gasteiger partial charge is 0.336 e. The maximum absolute atomic E-state index is 13.2. The number of rotatable bonds is 9. The Morgan fingerprint density at radius 1 is 1.08 bits per heavy atom. The second-order valence-electron chi connectivity index (χ2n) is 9.04. The summed E-state index contributed by atoms with van der Waals surface area (Å²) in [7, 11) is 0. The van der Waals surface area contributed by atoms with Crippen LogP contribution in [0.2, 0.25) is 5.02 Å². The lowest BCUT2D eigenvalue weighted by Gasteiger charge is -2.53. The van der Waals surface area contributed by atoms with Crippen LogP contribution in [-0.2, 0) is 23.9 Å². The Labute approximate surface area is 231 Å². The molecule has 2 aromatic rings. The maximum Gasteiger partial charge on any atom is 0.336 e. The number of carbonyl (C=O) groups is 6. The molecule has 0 spiro atoms. The SMILES string of the molecule is CC(=O)OCC1(C(=O)OCC(=O)c2ccc(Cl)cc2)CS[C@@H]2C(NC(=O)c3ccccc3C(=O)O)C(=O)N2C1. The molecule has 2 aliphatic heterocycles. The van der Waals surface area contributed by atoms with Crippen LogP contribution in [0.15, 0.2) is 48.5 Å². The molecule has 0 radical (unpaired) electrons. The van der Waals surface area contributed by atoms with Crippen molar-refractivity contribution in [3.05, 3.63) is 70.2 Å². The van der Waals surface area contributed by atoms with Gasteiger partial charge >= 0.3 is 17.9 Å². The van der Waals surface area contributed by atoms with E-state index in [2.05, 4.69) is 5.32 Å². The largest absolute Gasteiger partial charge is 0.478 e. The number of hydrogen-bond acceptors (Lipinski definition) is 9. The first kappa shape index (κ1) is 28.1. The Bertz CT molecular complexity index is 1350. The average molecular weight is 575 g/mol. The zero-order chi connectivity index (χ0) is 28.3. The minimum Gasteiger partial charge on any atom is -0.478 e. The number of benzene rings is 2. The number of carboxylic acid groups (broad SMARTS) is 1. The van der Waals surface area contributed by atoms with Crippen molar-refractivity contribution < 1.29 is 43.3 Å². The van der Waals surface area contributed by atoms with Gasteiger partial charge in [0.1, 0.15) is 23.4 Å². The van der Waals surface area contributed by atoms with Gasteiger partial charge in [0.15, 0.2) is 12.4 Å². The van der Waals surface area contributed by atoms with Gasteiger partial charge in [-0.2, -0.15) is 0 Å². The fraction of sp³-hybridized carbons (Fsp3) is 0.308. The fourth-order valence-electron chi connectivity index (χ4n) is 4.23. The number of ether oxygens (including phenoxy) is 2. The molecule has 2 aromatic carbocycles. The summed E-state index contributed by atoms with van der Waals surface area (Å²) < 4.78 is 10.4. The van der Waals surface area contributed by atoms with E-state index in [4.69, 9.17) is 21.1 Å². The second-order valence-corrected chi connectivity index (χ2v) is 10.6. The maximum atomic E-state index is 13.2. The molecule has 0 aliphatic carbocycles. The minimum absolute atomic E-state index is 0.0702. The van der Waals surface area contributed by atoms with Crippen molar-refractivity contribution in [2.45, 2.75) is 18.3 Å². The molecular formula is C26H23ClN2O9S. The van der Waals surface area contributed by atoms with E-state index in [-0.39, 0.29) is 30.0 Å². The molecule has 0 saturated carbocycles. The number of β-lactam (4-membered cyclic amide) rings is 1. The summed E-state index contributed by atoms with van der Waals surface area (Å²) in [5, 5.41) is 11.8. The van der Waals surface area contributed by atoms with Crippen LogP contribution in [0.4, 0.5) is 0 Å². The van der Waals surface area contributed by atoms with Crippen LogP contribution < -0.4 is 5.32 Å². The van der Waals surface area contributed by atoms with Crippen molar-refractivity contribution in [2.75, 3.05) is 25.5 Å². The Kier molecular flexibility index (Phi) is 8.26. The summed E-state index contributed by atoms with van der Waals surface area (Å²) in [6.45, 7) is 0.0782. The number of carbonyl (C=O) groups excluding carboxylic acids is 5. The monoisotopic (exact) mass is 574 g/mol. The molecule has 0 aromatic heterocycles. The molecule has 204 valence electrons. The normalized spacial score (nSPS) is 21.7. The average Bonchev–Trinajstić information content (AvgIpc) is 2.93. The first-order chi connectivity index (χ1) is 18.5. The van der Waals surface area contributed by atoms with Crippen molar-refractivity contribution in [3.8, 4) is 0 Å². The molecule has 2 heterocycles. The third-order valence-corrected chi connectivity index (χ3v) is 8.16. The third kappa shape index (κ3) is 5.91. The van der Waals surface area contributed by atoms with E-state index in [1.54, 1.807) is 0 Å². The first-order valence-corrected chi connectivity index (χ1v) is 13.1. The van der Waals surface area contributed by atoms with E-state index in [1.807, 2.05) is 0 Å². The van der Waals surface area contributed by atoms with Gasteiger partial charge in [-0.1, -0.05) is 23.7 Å². The Morgan fingerprint density at radius 2 is 1.74 bits per heavy atom. The van der Waals surface area contributed by atoms with E-state index in [9.17, 15) is 33.9 Å². The molecule has 2 saturated heterocycles. The Balaban J connectivity index is 1.44. The number of fused-ring (bicyclic) bond motifs is 1. The minimum atomic E-state index is -1.44. The quantitative estimate of drug-likeness (QED) is 0.258. The zero-order valence-corrected chi connectivity index (χ0v) is 22.1. The summed E-state index contributed by atoms with van der Waals surface area (Å²) in [5.41, 5.74) is -1.44. The number of esters is 2. The number of amides is 2. The summed E-state index contributed by atoms with van der Waals surface area (Å²) in [4.78, 5) is 75.7. The standard InChI is InChI=1S/C26H23ClN2O9S/c1-14(30)38-12-26(25(36)37-10-19(31)15-6-8-16(27)9-7-15)11-29-22(33)20(23(29)39-13-26)28-21(32)17-4-2-3-5-18(17)24(34)35/h2-9,20,23H,10-13H2,1H3,(H,28,32)(H,34,35)/t20?,23-,26?/m1/s1. The second kappa shape index (κ2) is 11.5. The van der Waals surface area contributed by atoms with E-state index in [0.29, 0.717) is 10.6 Å². The molecule has 2 fully saturated rings. The number of Topliss-reactive ketones (excluding diaryl/α,β-unsaturated/α-hetero) is 1. The summed E-state index contributed by atoms with van der Waals surface area (Å²) in [6, 6.07) is 10.7. The summed E-state index contributed by atoms with van der Waals surface area (Å²) >= 11 is 7.01. The molecule has 0 bridgehead atoms. The number of ketones is 1. The van der Waals surface area contributed by atoms with E-state index in [0.717, 1.165) is 0 Å². The number of nitrogens with zero attached hydrogens (tertiary/aromatic N) is 1. The van der Waals surface area contributed by atoms with Crippen LogP contribution in [-0.4, -0.2) is 82.4 Å². The van der Waals surface area contributed by atoms with Gasteiger partial charge < -0.3 is 24.8 Å². The van der Waals surface area contributed by atoms with Crippen LogP contribution >= 0.6 is 23.4 Å². The number of halogens is 1. The molecule has 2 amide bonds.